The fourth-order valence-corrected chi connectivity index (χ4v) is 1.85. The Balaban J connectivity index is 2.13. The number of carbonyl (C=O) groups excluding carboxylic acids is 1. The van der Waals surface area contributed by atoms with Crippen molar-refractivity contribution in [1.82, 2.24) is 0 Å². The number of hydrogen-bond acceptors (Lipinski definition) is 4. The minimum absolute atomic E-state index is 0.0402. The topological polar surface area (TPSA) is 63.2 Å². The number of hydrogen-bond donors (Lipinski definition) is 0. The summed E-state index contributed by atoms with van der Waals surface area (Å²) in [5, 5.41) is 8.89. The fourth-order valence-electron chi connectivity index (χ4n) is 1.85. The average molecular weight is 245 g/mol. The van der Waals surface area contributed by atoms with Gasteiger partial charge in [-0.2, -0.15) is 5.26 Å². The SMILES string of the molecule is CCOC(=O)/C(C#N)=C/c1ccc([C@H]2C[C@@H]2C)o1. The van der Waals surface area contributed by atoms with Crippen molar-refractivity contribution >= 4 is 12.0 Å². The average Bonchev–Trinajstić information content (AvgIpc) is 2.91. The van der Waals surface area contributed by atoms with Crippen molar-refractivity contribution in [3.8, 4) is 6.07 Å². The smallest absolute Gasteiger partial charge is 0.349 e. The van der Waals surface area contributed by atoms with Crippen LogP contribution in [0.4, 0.5) is 0 Å². The van der Waals surface area contributed by atoms with E-state index in [0.717, 1.165) is 12.2 Å². The lowest BCUT2D eigenvalue weighted by Gasteiger charge is -1.98. The molecule has 0 radical (unpaired) electrons. The molecule has 2 atom stereocenters. The van der Waals surface area contributed by atoms with Crippen LogP contribution in [0.3, 0.4) is 0 Å². The Morgan fingerprint density at radius 1 is 1.67 bits per heavy atom. The van der Waals surface area contributed by atoms with Crippen molar-refractivity contribution in [2.45, 2.75) is 26.2 Å². The third-order valence-electron chi connectivity index (χ3n) is 3.02. The second kappa shape index (κ2) is 5.09. The molecular weight excluding hydrogens is 230 g/mol. The second-order valence-corrected chi connectivity index (χ2v) is 4.45. The molecule has 4 nitrogen and oxygen atoms in total. The predicted octanol–water partition coefficient (Wildman–Crippen LogP) is 2.87. The third-order valence-corrected chi connectivity index (χ3v) is 3.02. The van der Waals surface area contributed by atoms with E-state index < -0.39 is 5.97 Å². The molecule has 0 aromatic carbocycles. The highest BCUT2D eigenvalue weighted by Gasteiger charge is 2.36. The lowest BCUT2D eigenvalue weighted by Crippen LogP contribution is -2.05. The lowest BCUT2D eigenvalue weighted by molar-refractivity contribution is -0.137. The normalized spacial score (nSPS) is 22.4. The molecule has 1 fully saturated rings. The zero-order valence-corrected chi connectivity index (χ0v) is 10.5. The summed E-state index contributed by atoms with van der Waals surface area (Å²) >= 11 is 0. The van der Waals surface area contributed by atoms with Gasteiger partial charge in [0.15, 0.2) is 0 Å². The van der Waals surface area contributed by atoms with Crippen LogP contribution in [-0.4, -0.2) is 12.6 Å². The molecule has 0 N–H and O–H groups in total. The first kappa shape index (κ1) is 12.4. The Labute approximate surface area is 106 Å². The van der Waals surface area contributed by atoms with Crippen LogP contribution in [0, 0.1) is 17.2 Å². The molecule has 1 aliphatic rings. The fraction of sp³-hybridized carbons (Fsp3) is 0.429. The molecule has 0 spiro atoms. The molecule has 1 aromatic rings. The Morgan fingerprint density at radius 3 is 2.94 bits per heavy atom. The first-order valence-electron chi connectivity index (χ1n) is 6.04. The maximum Gasteiger partial charge on any atom is 0.349 e. The van der Waals surface area contributed by atoms with E-state index in [1.165, 1.54) is 6.08 Å². The van der Waals surface area contributed by atoms with E-state index in [1.54, 1.807) is 13.0 Å². The number of nitriles is 1. The van der Waals surface area contributed by atoms with Crippen molar-refractivity contribution in [3.63, 3.8) is 0 Å². The number of furan rings is 1. The van der Waals surface area contributed by atoms with Gasteiger partial charge in [0.05, 0.1) is 6.61 Å². The minimum Gasteiger partial charge on any atom is -0.462 e. The Hall–Kier alpha value is -2.02. The van der Waals surface area contributed by atoms with Gasteiger partial charge in [0.25, 0.3) is 0 Å². The Kier molecular flexibility index (Phi) is 3.52. The van der Waals surface area contributed by atoms with E-state index in [0.29, 0.717) is 17.6 Å². The molecule has 0 amide bonds. The summed E-state index contributed by atoms with van der Waals surface area (Å²) in [4.78, 5) is 11.4. The molecule has 1 heterocycles. The van der Waals surface area contributed by atoms with E-state index in [4.69, 9.17) is 14.4 Å². The van der Waals surface area contributed by atoms with Crippen LogP contribution in [0.2, 0.25) is 0 Å². The summed E-state index contributed by atoms with van der Waals surface area (Å²) in [7, 11) is 0. The van der Waals surface area contributed by atoms with Gasteiger partial charge in [-0.1, -0.05) is 6.92 Å². The number of nitrogens with zero attached hydrogens (tertiary/aromatic N) is 1. The summed E-state index contributed by atoms with van der Waals surface area (Å²) in [6.07, 6.45) is 2.56. The summed E-state index contributed by atoms with van der Waals surface area (Å²) in [6, 6.07) is 5.50. The maximum atomic E-state index is 11.4. The zero-order valence-electron chi connectivity index (χ0n) is 10.5. The highest BCUT2D eigenvalue weighted by molar-refractivity contribution is 5.97. The maximum absolute atomic E-state index is 11.4. The first-order valence-corrected chi connectivity index (χ1v) is 6.04. The van der Waals surface area contributed by atoms with Gasteiger partial charge in [-0.15, -0.1) is 0 Å². The second-order valence-electron chi connectivity index (χ2n) is 4.45. The van der Waals surface area contributed by atoms with E-state index in [2.05, 4.69) is 6.92 Å². The number of esters is 1. The Bertz CT molecular complexity index is 521. The summed E-state index contributed by atoms with van der Waals surface area (Å²) in [5.41, 5.74) is -0.0402. The van der Waals surface area contributed by atoms with Gasteiger partial charge in [0, 0.05) is 12.0 Å². The van der Waals surface area contributed by atoms with Gasteiger partial charge in [-0.3, -0.25) is 0 Å². The van der Waals surface area contributed by atoms with Crippen LogP contribution in [0.25, 0.3) is 6.08 Å². The van der Waals surface area contributed by atoms with Crippen LogP contribution in [0.1, 0.15) is 37.7 Å². The highest BCUT2D eigenvalue weighted by Crippen LogP contribution is 2.47. The van der Waals surface area contributed by atoms with E-state index in [9.17, 15) is 4.79 Å². The van der Waals surface area contributed by atoms with Gasteiger partial charge in [-0.05, 0) is 31.4 Å². The molecule has 0 unspecified atom stereocenters. The van der Waals surface area contributed by atoms with Crippen molar-refractivity contribution in [3.05, 3.63) is 29.2 Å². The van der Waals surface area contributed by atoms with Gasteiger partial charge < -0.3 is 9.15 Å². The van der Waals surface area contributed by atoms with E-state index >= 15 is 0 Å². The monoisotopic (exact) mass is 245 g/mol. The zero-order chi connectivity index (χ0) is 13.1. The summed E-state index contributed by atoms with van der Waals surface area (Å²) in [5.74, 6) is 1.98. The third kappa shape index (κ3) is 2.62. The molecule has 94 valence electrons. The molecule has 0 bridgehead atoms. The van der Waals surface area contributed by atoms with Gasteiger partial charge in [0.1, 0.15) is 23.2 Å². The lowest BCUT2D eigenvalue weighted by atomic mass is 10.2. The molecule has 1 saturated carbocycles. The summed E-state index contributed by atoms with van der Waals surface area (Å²) < 4.78 is 10.4. The highest BCUT2D eigenvalue weighted by atomic mass is 16.5. The predicted molar refractivity (Wildman–Crippen MR) is 65.5 cm³/mol. The summed E-state index contributed by atoms with van der Waals surface area (Å²) in [6.45, 7) is 4.12. The van der Waals surface area contributed by atoms with Crippen molar-refractivity contribution in [2.24, 2.45) is 5.92 Å². The number of rotatable bonds is 4. The van der Waals surface area contributed by atoms with Crippen LogP contribution in [-0.2, 0) is 9.53 Å². The molecule has 2 rings (SSSR count). The quantitative estimate of drug-likeness (QED) is 0.465. The Morgan fingerprint density at radius 2 is 2.39 bits per heavy atom. The molecule has 1 aliphatic carbocycles. The van der Waals surface area contributed by atoms with E-state index in [1.807, 2.05) is 12.1 Å². The minimum atomic E-state index is -0.613. The van der Waals surface area contributed by atoms with Gasteiger partial charge >= 0.3 is 5.97 Å². The van der Waals surface area contributed by atoms with Crippen molar-refractivity contribution < 1.29 is 13.9 Å². The van der Waals surface area contributed by atoms with Gasteiger partial charge in [0.2, 0.25) is 0 Å². The molecule has 0 aliphatic heterocycles. The van der Waals surface area contributed by atoms with Crippen LogP contribution >= 0.6 is 0 Å². The van der Waals surface area contributed by atoms with Crippen LogP contribution in [0.5, 0.6) is 0 Å². The molecule has 4 heteroatoms. The standard InChI is InChI=1S/C14H15NO3/c1-3-17-14(16)10(8-15)7-11-4-5-13(18-11)12-6-9(12)2/h4-5,7,9,12H,3,6H2,1-2H3/b10-7+/t9-,12-/m0/s1. The van der Waals surface area contributed by atoms with E-state index in [-0.39, 0.29) is 12.2 Å². The first-order chi connectivity index (χ1) is 8.65. The van der Waals surface area contributed by atoms with Crippen molar-refractivity contribution in [2.75, 3.05) is 6.61 Å². The van der Waals surface area contributed by atoms with Crippen LogP contribution < -0.4 is 0 Å². The van der Waals surface area contributed by atoms with Crippen molar-refractivity contribution in [1.29, 1.82) is 5.26 Å². The molecule has 1 aromatic heterocycles. The largest absolute Gasteiger partial charge is 0.462 e. The van der Waals surface area contributed by atoms with Gasteiger partial charge in [-0.25, -0.2) is 4.79 Å². The molecular formula is C14H15NO3. The van der Waals surface area contributed by atoms with Crippen LogP contribution in [0.15, 0.2) is 22.1 Å². The number of carbonyl (C=O) groups is 1. The molecule has 18 heavy (non-hydrogen) atoms. The number of ether oxygens (including phenoxy) is 1. The molecule has 0 saturated heterocycles.